The van der Waals surface area contributed by atoms with Crippen molar-refractivity contribution in [3.63, 3.8) is 0 Å². The van der Waals surface area contributed by atoms with Crippen LogP contribution < -0.4 is 11.3 Å². The molecule has 0 fully saturated rings. The molecule has 1 aromatic heterocycles. The topological polar surface area (TPSA) is 74.3 Å². The van der Waals surface area contributed by atoms with Crippen molar-refractivity contribution in [3.05, 3.63) is 58.0 Å². The number of aromatic nitrogens is 1. The van der Waals surface area contributed by atoms with E-state index in [9.17, 15) is 9.59 Å². The zero-order chi connectivity index (χ0) is 14.0. The first-order valence-electron chi connectivity index (χ1n) is 5.70. The Labute approximate surface area is 110 Å². The molecule has 0 bridgehead atoms. The van der Waals surface area contributed by atoms with Crippen LogP contribution in [0.3, 0.4) is 0 Å². The molecule has 0 aliphatic heterocycles. The maximum absolute atomic E-state index is 11.9. The number of carbonyl (C=O) groups is 1. The molecule has 1 heterocycles. The Morgan fingerprint density at radius 2 is 2.00 bits per heavy atom. The van der Waals surface area contributed by atoms with Gasteiger partial charge >= 0.3 is 5.97 Å². The van der Waals surface area contributed by atoms with Crippen LogP contribution >= 0.6 is 0 Å². The Morgan fingerprint density at radius 3 is 2.63 bits per heavy atom. The van der Waals surface area contributed by atoms with Gasteiger partial charge in [-0.3, -0.25) is 9.36 Å². The van der Waals surface area contributed by atoms with Crippen molar-refractivity contribution < 1.29 is 9.53 Å². The van der Waals surface area contributed by atoms with Crippen molar-refractivity contribution in [1.29, 1.82) is 0 Å². The summed E-state index contributed by atoms with van der Waals surface area (Å²) in [4.78, 5) is 23.4. The number of pyridine rings is 1. The molecular formula is C14H14N2O3. The van der Waals surface area contributed by atoms with Crippen molar-refractivity contribution in [2.24, 2.45) is 0 Å². The second kappa shape index (κ2) is 4.97. The summed E-state index contributed by atoms with van der Waals surface area (Å²) in [6, 6.07) is 8.03. The van der Waals surface area contributed by atoms with Crippen LogP contribution in [0.5, 0.6) is 0 Å². The highest BCUT2D eigenvalue weighted by Gasteiger charge is 2.09. The summed E-state index contributed by atoms with van der Waals surface area (Å²) in [5, 5.41) is 0. The maximum atomic E-state index is 11.9. The molecule has 2 N–H and O–H groups in total. The number of aryl methyl sites for hydroxylation is 1. The summed E-state index contributed by atoms with van der Waals surface area (Å²) in [5.74, 6) is -0.492. The quantitative estimate of drug-likeness (QED) is 0.654. The molecule has 19 heavy (non-hydrogen) atoms. The molecule has 5 heteroatoms. The fourth-order valence-electron chi connectivity index (χ4n) is 1.80. The van der Waals surface area contributed by atoms with E-state index in [1.54, 1.807) is 18.3 Å². The molecule has 0 unspecified atom stereocenters. The third-order valence-corrected chi connectivity index (χ3v) is 2.71. The largest absolute Gasteiger partial charge is 0.465 e. The average molecular weight is 258 g/mol. The minimum Gasteiger partial charge on any atom is -0.465 e. The standard InChI is InChI=1S/C14H14N2O3/c1-9-3-4-16(13(17)5-9)12-7-10(14(18)19-2)6-11(15)8-12/h3-8H,15H2,1-2H3. The van der Waals surface area contributed by atoms with Gasteiger partial charge in [-0.05, 0) is 36.8 Å². The molecule has 0 spiro atoms. The Balaban J connectivity index is 2.59. The number of rotatable bonds is 2. The number of hydrogen-bond donors (Lipinski definition) is 1. The Morgan fingerprint density at radius 1 is 1.26 bits per heavy atom. The highest BCUT2D eigenvalue weighted by Crippen LogP contribution is 2.15. The number of carbonyl (C=O) groups excluding carboxylic acids is 1. The number of nitrogen functional groups attached to an aromatic ring is 1. The van der Waals surface area contributed by atoms with E-state index >= 15 is 0 Å². The van der Waals surface area contributed by atoms with Crippen LogP contribution in [0.4, 0.5) is 5.69 Å². The monoisotopic (exact) mass is 258 g/mol. The van der Waals surface area contributed by atoms with Crippen LogP contribution in [0.15, 0.2) is 41.3 Å². The van der Waals surface area contributed by atoms with Crippen molar-refractivity contribution >= 4 is 11.7 Å². The van der Waals surface area contributed by atoms with E-state index in [2.05, 4.69) is 4.74 Å². The van der Waals surface area contributed by atoms with Gasteiger partial charge in [-0.15, -0.1) is 0 Å². The third kappa shape index (κ3) is 2.65. The molecule has 0 aliphatic carbocycles. The second-order valence-electron chi connectivity index (χ2n) is 4.22. The van der Waals surface area contributed by atoms with Crippen molar-refractivity contribution in [1.82, 2.24) is 4.57 Å². The Bertz CT molecular complexity index is 689. The fraction of sp³-hybridized carbons (Fsp3) is 0.143. The molecule has 1 aromatic carbocycles. The molecule has 0 atom stereocenters. The summed E-state index contributed by atoms with van der Waals surface area (Å²) in [6.45, 7) is 1.84. The minimum absolute atomic E-state index is 0.179. The van der Waals surface area contributed by atoms with Gasteiger partial charge in [0.15, 0.2) is 0 Å². The van der Waals surface area contributed by atoms with Crippen LogP contribution in [0.2, 0.25) is 0 Å². The zero-order valence-corrected chi connectivity index (χ0v) is 10.7. The first-order chi connectivity index (χ1) is 9.01. The fourth-order valence-corrected chi connectivity index (χ4v) is 1.80. The van der Waals surface area contributed by atoms with Gasteiger partial charge in [0.1, 0.15) is 0 Å². The van der Waals surface area contributed by atoms with Gasteiger partial charge in [-0.25, -0.2) is 4.79 Å². The van der Waals surface area contributed by atoms with Crippen LogP contribution in [-0.2, 0) is 4.74 Å². The third-order valence-electron chi connectivity index (χ3n) is 2.71. The predicted molar refractivity (Wildman–Crippen MR) is 72.5 cm³/mol. The number of nitrogens with zero attached hydrogens (tertiary/aromatic N) is 1. The molecule has 0 radical (unpaired) electrons. The van der Waals surface area contributed by atoms with E-state index in [-0.39, 0.29) is 5.56 Å². The average Bonchev–Trinajstić information content (AvgIpc) is 2.37. The van der Waals surface area contributed by atoms with E-state index in [1.807, 2.05) is 13.0 Å². The number of nitrogens with two attached hydrogens (primary N) is 1. The second-order valence-corrected chi connectivity index (χ2v) is 4.22. The van der Waals surface area contributed by atoms with Gasteiger partial charge in [0.05, 0.1) is 18.4 Å². The van der Waals surface area contributed by atoms with E-state index in [0.717, 1.165) is 5.56 Å². The van der Waals surface area contributed by atoms with Crippen LogP contribution in [0.1, 0.15) is 15.9 Å². The summed E-state index contributed by atoms with van der Waals surface area (Å²) >= 11 is 0. The van der Waals surface area contributed by atoms with Gasteiger partial charge in [0.2, 0.25) is 0 Å². The number of anilines is 1. The lowest BCUT2D eigenvalue weighted by Gasteiger charge is -2.09. The lowest BCUT2D eigenvalue weighted by Crippen LogP contribution is -2.17. The molecule has 5 nitrogen and oxygen atoms in total. The summed E-state index contributed by atoms with van der Waals surface area (Å²) in [6.07, 6.45) is 1.65. The number of esters is 1. The highest BCUT2D eigenvalue weighted by molar-refractivity contribution is 5.91. The van der Waals surface area contributed by atoms with Gasteiger partial charge in [-0.2, -0.15) is 0 Å². The summed E-state index contributed by atoms with van der Waals surface area (Å²) in [7, 11) is 1.29. The smallest absolute Gasteiger partial charge is 0.337 e. The molecule has 0 saturated heterocycles. The lowest BCUT2D eigenvalue weighted by atomic mass is 10.1. The number of benzene rings is 1. The van der Waals surface area contributed by atoms with E-state index in [1.165, 1.54) is 23.8 Å². The first kappa shape index (κ1) is 12.9. The van der Waals surface area contributed by atoms with Crippen LogP contribution in [0, 0.1) is 6.92 Å². The van der Waals surface area contributed by atoms with Crippen LogP contribution in [-0.4, -0.2) is 17.6 Å². The maximum Gasteiger partial charge on any atom is 0.337 e. The highest BCUT2D eigenvalue weighted by atomic mass is 16.5. The zero-order valence-electron chi connectivity index (χ0n) is 10.7. The SMILES string of the molecule is COC(=O)c1cc(N)cc(-n2ccc(C)cc2=O)c1. The number of methoxy groups -OCH3 is 1. The molecule has 98 valence electrons. The van der Waals surface area contributed by atoms with E-state index in [4.69, 9.17) is 5.73 Å². The van der Waals surface area contributed by atoms with Crippen molar-refractivity contribution in [2.45, 2.75) is 6.92 Å². The molecule has 2 aromatic rings. The Kier molecular flexibility index (Phi) is 3.37. The number of hydrogen-bond acceptors (Lipinski definition) is 4. The summed E-state index contributed by atoms with van der Waals surface area (Å²) in [5.41, 5.74) is 7.68. The molecule has 0 aliphatic rings. The van der Waals surface area contributed by atoms with Gasteiger partial charge < -0.3 is 10.5 Å². The van der Waals surface area contributed by atoms with Crippen molar-refractivity contribution in [3.8, 4) is 5.69 Å². The number of ether oxygens (including phenoxy) is 1. The molecule has 2 rings (SSSR count). The lowest BCUT2D eigenvalue weighted by molar-refractivity contribution is 0.0601. The molecule has 0 amide bonds. The normalized spacial score (nSPS) is 10.2. The first-order valence-corrected chi connectivity index (χ1v) is 5.70. The molecule has 0 saturated carbocycles. The Hall–Kier alpha value is -2.56. The predicted octanol–water partition coefficient (Wildman–Crippen LogP) is 1.51. The van der Waals surface area contributed by atoms with Gasteiger partial charge in [0, 0.05) is 18.0 Å². The van der Waals surface area contributed by atoms with Gasteiger partial charge in [-0.1, -0.05) is 0 Å². The van der Waals surface area contributed by atoms with Gasteiger partial charge in [0.25, 0.3) is 5.56 Å². The van der Waals surface area contributed by atoms with Crippen molar-refractivity contribution in [2.75, 3.05) is 12.8 Å². The molecular weight excluding hydrogens is 244 g/mol. The van der Waals surface area contributed by atoms with E-state index < -0.39 is 5.97 Å². The van der Waals surface area contributed by atoms with E-state index in [0.29, 0.717) is 16.9 Å². The minimum atomic E-state index is -0.492. The van der Waals surface area contributed by atoms with Crippen LogP contribution in [0.25, 0.3) is 5.69 Å². The summed E-state index contributed by atoms with van der Waals surface area (Å²) < 4.78 is 6.08.